The zero-order chi connectivity index (χ0) is 11.3. The molecule has 0 aliphatic rings. The highest BCUT2D eigenvalue weighted by atomic mass is 19.1. The predicted octanol–water partition coefficient (Wildman–Crippen LogP) is 1.92. The summed E-state index contributed by atoms with van der Waals surface area (Å²) in [6, 6.07) is 7.38. The molecule has 0 heterocycles. The van der Waals surface area contributed by atoms with Crippen LogP contribution in [0.2, 0.25) is 0 Å². The van der Waals surface area contributed by atoms with E-state index in [4.69, 9.17) is 5.26 Å². The number of carbonyl (C=O) groups excluding carboxylic acids is 1. The van der Waals surface area contributed by atoms with Crippen LogP contribution >= 0.6 is 0 Å². The van der Waals surface area contributed by atoms with Crippen molar-refractivity contribution in [3.05, 3.63) is 35.6 Å². The molecule has 0 bridgehead atoms. The molecule has 4 heteroatoms. The van der Waals surface area contributed by atoms with Gasteiger partial charge in [-0.05, 0) is 17.7 Å². The zero-order valence-electron chi connectivity index (χ0n) is 8.33. The lowest BCUT2D eigenvalue weighted by molar-refractivity contribution is -0.119. The van der Waals surface area contributed by atoms with Gasteiger partial charge in [-0.15, -0.1) is 0 Å². The maximum Gasteiger partial charge on any atom is 0.217 e. The summed E-state index contributed by atoms with van der Waals surface area (Å²) in [4.78, 5) is 10.9. The van der Waals surface area contributed by atoms with Crippen LogP contribution < -0.4 is 5.32 Å². The molecule has 1 rings (SSSR count). The van der Waals surface area contributed by atoms with Crippen molar-refractivity contribution in [1.29, 1.82) is 5.26 Å². The number of carbonyl (C=O) groups is 1. The molecule has 0 saturated carbocycles. The van der Waals surface area contributed by atoms with Crippen molar-refractivity contribution < 1.29 is 9.18 Å². The van der Waals surface area contributed by atoms with Gasteiger partial charge in [0.2, 0.25) is 5.91 Å². The van der Waals surface area contributed by atoms with E-state index in [-0.39, 0.29) is 18.1 Å². The number of rotatable bonds is 3. The van der Waals surface area contributed by atoms with Crippen LogP contribution in [0.4, 0.5) is 4.39 Å². The van der Waals surface area contributed by atoms with Crippen molar-refractivity contribution in [1.82, 2.24) is 5.32 Å². The Kier molecular flexibility index (Phi) is 3.81. The van der Waals surface area contributed by atoms with Gasteiger partial charge in [0.1, 0.15) is 5.82 Å². The van der Waals surface area contributed by atoms with E-state index in [1.807, 2.05) is 6.07 Å². The number of benzene rings is 1. The van der Waals surface area contributed by atoms with Crippen molar-refractivity contribution in [2.45, 2.75) is 19.4 Å². The van der Waals surface area contributed by atoms with Crippen LogP contribution in [-0.2, 0) is 4.79 Å². The summed E-state index contributed by atoms with van der Waals surface area (Å²) in [5.41, 5.74) is 0.603. The Balaban J connectivity index is 2.89. The van der Waals surface area contributed by atoms with E-state index in [2.05, 4.69) is 5.32 Å². The van der Waals surface area contributed by atoms with Gasteiger partial charge < -0.3 is 5.32 Å². The smallest absolute Gasteiger partial charge is 0.217 e. The molecule has 15 heavy (non-hydrogen) atoms. The van der Waals surface area contributed by atoms with Crippen LogP contribution in [0.5, 0.6) is 0 Å². The van der Waals surface area contributed by atoms with Gasteiger partial charge in [0, 0.05) is 6.92 Å². The van der Waals surface area contributed by atoms with Crippen molar-refractivity contribution in [3.8, 4) is 6.07 Å². The van der Waals surface area contributed by atoms with E-state index < -0.39 is 6.04 Å². The highest BCUT2D eigenvalue weighted by molar-refractivity contribution is 5.73. The average molecular weight is 206 g/mol. The predicted molar refractivity (Wildman–Crippen MR) is 53.2 cm³/mol. The van der Waals surface area contributed by atoms with Gasteiger partial charge in [-0.25, -0.2) is 4.39 Å². The molecule has 0 aromatic heterocycles. The number of amides is 1. The van der Waals surface area contributed by atoms with E-state index in [1.165, 1.54) is 19.1 Å². The van der Waals surface area contributed by atoms with Crippen LogP contribution in [0.25, 0.3) is 0 Å². The highest BCUT2D eigenvalue weighted by Gasteiger charge is 2.12. The van der Waals surface area contributed by atoms with Crippen molar-refractivity contribution in [2.75, 3.05) is 0 Å². The largest absolute Gasteiger partial charge is 0.348 e. The summed E-state index contributed by atoms with van der Waals surface area (Å²) < 4.78 is 12.9. The van der Waals surface area contributed by atoms with Gasteiger partial charge in [0.25, 0.3) is 0 Å². The summed E-state index contributed by atoms with van der Waals surface area (Å²) in [5, 5.41) is 11.2. The number of nitriles is 1. The lowest BCUT2D eigenvalue weighted by Crippen LogP contribution is -2.25. The number of hydrogen-bond donors (Lipinski definition) is 1. The minimum atomic E-state index is -0.441. The zero-order valence-corrected chi connectivity index (χ0v) is 8.33. The van der Waals surface area contributed by atoms with Crippen LogP contribution in [0, 0.1) is 17.1 Å². The SMILES string of the molecule is CC(=O)N[C@@H](CC#N)c1cccc(F)c1. The van der Waals surface area contributed by atoms with Gasteiger partial charge in [0.15, 0.2) is 0 Å². The van der Waals surface area contributed by atoms with Crippen LogP contribution in [-0.4, -0.2) is 5.91 Å². The maximum absolute atomic E-state index is 12.9. The van der Waals surface area contributed by atoms with Crippen molar-refractivity contribution in [3.63, 3.8) is 0 Å². The third kappa shape index (κ3) is 3.39. The standard InChI is InChI=1S/C11H11FN2O/c1-8(15)14-11(5-6-13)9-3-2-4-10(12)7-9/h2-4,7,11H,5H2,1H3,(H,14,15)/t11-/m0/s1. The number of hydrogen-bond acceptors (Lipinski definition) is 2. The minimum Gasteiger partial charge on any atom is -0.348 e. The van der Waals surface area contributed by atoms with Crippen LogP contribution in [0.1, 0.15) is 24.9 Å². The van der Waals surface area contributed by atoms with Gasteiger partial charge in [-0.3, -0.25) is 4.79 Å². The molecule has 0 radical (unpaired) electrons. The molecular formula is C11H11FN2O. The fourth-order valence-corrected chi connectivity index (χ4v) is 1.31. The molecule has 3 nitrogen and oxygen atoms in total. The normalized spacial score (nSPS) is 11.5. The summed E-state index contributed by atoms with van der Waals surface area (Å²) in [7, 11) is 0. The first-order valence-corrected chi connectivity index (χ1v) is 4.53. The highest BCUT2D eigenvalue weighted by Crippen LogP contribution is 2.17. The third-order valence-corrected chi connectivity index (χ3v) is 1.92. The average Bonchev–Trinajstić information content (AvgIpc) is 2.16. The first kappa shape index (κ1) is 11.2. The molecule has 0 spiro atoms. The molecule has 0 saturated heterocycles. The van der Waals surface area contributed by atoms with Crippen molar-refractivity contribution >= 4 is 5.91 Å². The quantitative estimate of drug-likeness (QED) is 0.821. The lowest BCUT2D eigenvalue weighted by Gasteiger charge is -2.14. The number of halogens is 1. The second-order valence-electron chi connectivity index (χ2n) is 3.17. The number of nitrogens with zero attached hydrogens (tertiary/aromatic N) is 1. The molecule has 1 amide bonds. The Labute approximate surface area is 87.5 Å². The minimum absolute atomic E-state index is 0.128. The van der Waals surface area contributed by atoms with E-state index in [9.17, 15) is 9.18 Å². The summed E-state index contributed by atoms with van der Waals surface area (Å²) in [6.45, 7) is 1.36. The van der Waals surface area contributed by atoms with E-state index in [0.29, 0.717) is 5.56 Å². The van der Waals surface area contributed by atoms with Gasteiger partial charge in [-0.2, -0.15) is 5.26 Å². The Bertz CT molecular complexity index is 398. The third-order valence-electron chi connectivity index (χ3n) is 1.92. The molecule has 0 unspecified atom stereocenters. The molecule has 0 aliphatic carbocycles. The first-order chi connectivity index (χ1) is 7.13. The second-order valence-corrected chi connectivity index (χ2v) is 3.17. The van der Waals surface area contributed by atoms with E-state index in [0.717, 1.165) is 0 Å². The van der Waals surface area contributed by atoms with Crippen molar-refractivity contribution in [2.24, 2.45) is 0 Å². The second kappa shape index (κ2) is 5.11. The van der Waals surface area contributed by atoms with Gasteiger partial charge in [-0.1, -0.05) is 12.1 Å². The molecule has 1 atom stereocenters. The molecule has 1 N–H and O–H groups in total. The maximum atomic E-state index is 12.9. The number of nitrogens with one attached hydrogen (secondary N) is 1. The topological polar surface area (TPSA) is 52.9 Å². The molecular weight excluding hydrogens is 195 g/mol. The molecule has 1 aromatic carbocycles. The van der Waals surface area contributed by atoms with E-state index in [1.54, 1.807) is 12.1 Å². The fraction of sp³-hybridized carbons (Fsp3) is 0.273. The van der Waals surface area contributed by atoms with Gasteiger partial charge in [0.05, 0.1) is 18.5 Å². The Morgan fingerprint density at radius 3 is 2.93 bits per heavy atom. The Morgan fingerprint density at radius 1 is 1.67 bits per heavy atom. The molecule has 0 aliphatic heterocycles. The first-order valence-electron chi connectivity index (χ1n) is 4.53. The van der Waals surface area contributed by atoms with Crippen LogP contribution in [0.3, 0.4) is 0 Å². The lowest BCUT2D eigenvalue weighted by atomic mass is 10.0. The summed E-state index contributed by atoms with van der Waals surface area (Å²) >= 11 is 0. The molecule has 0 fully saturated rings. The summed E-state index contributed by atoms with van der Waals surface area (Å²) in [5.74, 6) is -0.611. The Morgan fingerprint density at radius 2 is 2.40 bits per heavy atom. The van der Waals surface area contributed by atoms with Gasteiger partial charge >= 0.3 is 0 Å². The Hall–Kier alpha value is -1.89. The summed E-state index contributed by atoms with van der Waals surface area (Å²) in [6.07, 6.45) is 0.128. The monoisotopic (exact) mass is 206 g/mol. The van der Waals surface area contributed by atoms with Crippen LogP contribution in [0.15, 0.2) is 24.3 Å². The molecule has 1 aromatic rings. The fourth-order valence-electron chi connectivity index (χ4n) is 1.31. The van der Waals surface area contributed by atoms with E-state index >= 15 is 0 Å². The molecule has 78 valence electrons.